The first-order valence-electron chi connectivity index (χ1n) is 6.23. The Bertz CT molecular complexity index is 660. The van der Waals surface area contributed by atoms with Crippen molar-refractivity contribution in [2.45, 2.75) is 18.2 Å². The molecule has 0 unspecified atom stereocenters. The third-order valence-corrected chi connectivity index (χ3v) is 4.64. The second-order valence-corrected chi connectivity index (χ2v) is 6.12. The molecule has 1 N–H and O–H groups in total. The first kappa shape index (κ1) is 17.0. The van der Waals surface area contributed by atoms with Crippen LogP contribution < -0.4 is 4.74 Å². The van der Waals surface area contributed by atoms with E-state index in [1.54, 1.807) is 0 Å². The zero-order valence-corrected chi connectivity index (χ0v) is 12.7. The van der Waals surface area contributed by atoms with E-state index in [2.05, 4.69) is 5.92 Å². The van der Waals surface area contributed by atoms with Gasteiger partial charge in [0.25, 0.3) is 0 Å². The first-order chi connectivity index (χ1) is 9.88. The molecule has 0 saturated carbocycles. The van der Waals surface area contributed by atoms with Gasteiger partial charge in [0, 0.05) is 6.54 Å². The Kier molecular flexibility index (Phi) is 5.76. The molecule has 21 heavy (non-hydrogen) atoms. The molecular formula is C14H17NO5S. The monoisotopic (exact) mass is 311 g/mol. The molecular weight excluding hydrogens is 294 g/mol. The summed E-state index contributed by atoms with van der Waals surface area (Å²) in [6.45, 7) is 1.98. The molecule has 1 rings (SSSR count). The molecule has 0 fully saturated rings. The number of hydrogen-bond donors (Lipinski definition) is 1. The highest BCUT2D eigenvalue weighted by molar-refractivity contribution is 7.89. The van der Waals surface area contributed by atoms with Crippen LogP contribution in [0.5, 0.6) is 5.75 Å². The predicted octanol–water partition coefficient (Wildman–Crippen LogP) is 1.43. The molecule has 0 aliphatic heterocycles. The molecule has 0 bridgehead atoms. The van der Waals surface area contributed by atoms with Gasteiger partial charge in [-0.3, -0.25) is 0 Å². The Labute approximate surface area is 124 Å². The van der Waals surface area contributed by atoms with Crippen LogP contribution in [0, 0.1) is 12.3 Å². The van der Waals surface area contributed by atoms with Crippen molar-refractivity contribution in [1.82, 2.24) is 4.31 Å². The number of carboxylic acids is 1. The normalized spacial score (nSPS) is 11.1. The molecule has 1 aromatic rings. The number of benzene rings is 1. The summed E-state index contributed by atoms with van der Waals surface area (Å²) in [5.74, 6) is 1.16. The van der Waals surface area contributed by atoms with Gasteiger partial charge in [-0.25, -0.2) is 13.2 Å². The Balaban J connectivity index is 3.43. The van der Waals surface area contributed by atoms with Crippen molar-refractivity contribution in [2.24, 2.45) is 0 Å². The number of terminal acetylenes is 1. The van der Waals surface area contributed by atoms with Gasteiger partial charge in [-0.05, 0) is 24.6 Å². The summed E-state index contributed by atoms with van der Waals surface area (Å²) in [5.41, 5.74) is -0.133. The average Bonchev–Trinajstić information content (AvgIpc) is 2.46. The number of hydrogen-bond acceptors (Lipinski definition) is 4. The second kappa shape index (κ2) is 7.11. The molecule has 6 nitrogen and oxygen atoms in total. The fourth-order valence-electron chi connectivity index (χ4n) is 1.79. The largest absolute Gasteiger partial charge is 0.495 e. The number of nitrogens with zero attached hydrogens (tertiary/aromatic N) is 1. The number of carboxylic acid groups (broad SMARTS) is 1. The third-order valence-electron chi connectivity index (χ3n) is 2.77. The van der Waals surface area contributed by atoms with E-state index in [0.29, 0.717) is 6.42 Å². The number of ether oxygens (including phenoxy) is 1. The van der Waals surface area contributed by atoms with Crippen LogP contribution in [-0.2, 0) is 10.0 Å². The lowest BCUT2D eigenvalue weighted by Crippen LogP contribution is -2.32. The van der Waals surface area contributed by atoms with Gasteiger partial charge >= 0.3 is 5.97 Å². The summed E-state index contributed by atoms with van der Waals surface area (Å²) < 4.78 is 31.4. The van der Waals surface area contributed by atoms with Crippen molar-refractivity contribution in [2.75, 3.05) is 20.2 Å². The summed E-state index contributed by atoms with van der Waals surface area (Å²) in [7, 11) is -2.60. The van der Waals surface area contributed by atoms with E-state index in [1.165, 1.54) is 19.2 Å². The highest BCUT2D eigenvalue weighted by Crippen LogP contribution is 2.28. The summed E-state index contributed by atoms with van der Waals surface area (Å²) in [5, 5.41) is 9.00. The Morgan fingerprint density at radius 2 is 2.14 bits per heavy atom. The molecule has 0 saturated heterocycles. The van der Waals surface area contributed by atoms with Crippen molar-refractivity contribution in [1.29, 1.82) is 0 Å². The number of rotatable bonds is 7. The molecule has 7 heteroatoms. The van der Waals surface area contributed by atoms with Crippen LogP contribution >= 0.6 is 0 Å². The van der Waals surface area contributed by atoms with E-state index >= 15 is 0 Å². The van der Waals surface area contributed by atoms with Crippen molar-refractivity contribution in [3.8, 4) is 18.1 Å². The Morgan fingerprint density at radius 3 is 2.62 bits per heavy atom. The van der Waals surface area contributed by atoms with Gasteiger partial charge in [0.05, 0.1) is 19.2 Å². The number of aromatic carboxylic acids is 1. The maximum Gasteiger partial charge on any atom is 0.335 e. The van der Waals surface area contributed by atoms with Gasteiger partial charge in [0.15, 0.2) is 0 Å². The SMILES string of the molecule is C#CCN(CCC)S(=O)(=O)c1cc(C(=O)O)ccc1OC. The van der Waals surface area contributed by atoms with Crippen molar-refractivity contribution in [3.05, 3.63) is 23.8 Å². The minimum atomic E-state index is -3.92. The van der Waals surface area contributed by atoms with Crippen LogP contribution in [0.25, 0.3) is 0 Å². The highest BCUT2D eigenvalue weighted by Gasteiger charge is 2.27. The number of sulfonamides is 1. The average molecular weight is 311 g/mol. The lowest BCUT2D eigenvalue weighted by Gasteiger charge is -2.20. The van der Waals surface area contributed by atoms with Crippen LogP contribution in [0.4, 0.5) is 0 Å². The second-order valence-electron chi connectivity index (χ2n) is 4.21. The van der Waals surface area contributed by atoms with E-state index < -0.39 is 16.0 Å². The van der Waals surface area contributed by atoms with Crippen molar-refractivity contribution < 1.29 is 23.1 Å². The molecule has 0 heterocycles. The van der Waals surface area contributed by atoms with E-state index in [-0.39, 0.29) is 29.3 Å². The molecule has 0 aliphatic carbocycles. The van der Waals surface area contributed by atoms with Crippen LogP contribution in [-0.4, -0.2) is 44.0 Å². The minimum Gasteiger partial charge on any atom is -0.495 e. The van der Waals surface area contributed by atoms with Gasteiger partial charge < -0.3 is 9.84 Å². The quantitative estimate of drug-likeness (QED) is 0.770. The zero-order valence-electron chi connectivity index (χ0n) is 11.9. The molecule has 114 valence electrons. The summed E-state index contributed by atoms with van der Waals surface area (Å²) >= 11 is 0. The molecule has 0 spiro atoms. The standard InChI is InChI=1S/C14H17NO5S/c1-4-8-15(9-5-2)21(18,19)13-10-11(14(16)17)6-7-12(13)20-3/h1,6-7,10H,5,8-9H2,2-3H3,(H,16,17). The van der Waals surface area contributed by atoms with E-state index in [0.717, 1.165) is 10.4 Å². The van der Waals surface area contributed by atoms with Crippen LogP contribution in [0.3, 0.4) is 0 Å². The number of carbonyl (C=O) groups is 1. The van der Waals surface area contributed by atoms with Crippen molar-refractivity contribution >= 4 is 16.0 Å². The fourth-order valence-corrected chi connectivity index (χ4v) is 3.41. The van der Waals surface area contributed by atoms with E-state index in [4.69, 9.17) is 16.3 Å². The fraction of sp³-hybridized carbons (Fsp3) is 0.357. The van der Waals surface area contributed by atoms with Gasteiger partial charge in [0.2, 0.25) is 10.0 Å². The van der Waals surface area contributed by atoms with Gasteiger partial charge in [-0.15, -0.1) is 6.42 Å². The van der Waals surface area contributed by atoms with E-state index in [9.17, 15) is 13.2 Å². The lowest BCUT2D eigenvalue weighted by atomic mass is 10.2. The lowest BCUT2D eigenvalue weighted by molar-refractivity contribution is 0.0696. The highest BCUT2D eigenvalue weighted by atomic mass is 32.2. The third kappa shape index (κ3) is 3.74. The van der Waals surface area contributed by atoms with Gasteiger partial charge in [-0.2, -0.15) is 4.31 Å². The zero-order chi connectivity index (χ0) is 16.0. The predicted molar refractivity (Wildman–Crippen MR) is 77.8 cm³/mol. The molecule has 0 aromatic heterocycles. The maximum absolute atomic E-state index is 12.6. The molecule has 1 aromatic carbocycles. The summed E-state index contributed by atoms with van der Waals surface area (Å²) in [6, 6.07) is 3.68. The summed E-state index contributed by atoms with van der Waals surface area (Å²) in [4.78, 5) is 10.8. The Morgan fingerprint density at radius 1 is 1.48 bits per heavy atom. The maximum atomic E-state index is 12.6. The van der Waals surface area contributed by atoms with Gasteiger partial charge in [0.1, 0.15) is 10.6 Å². The van der Waals surface area contributed by atoms with Crippen molar-refractivity contribution in [3.63, 3.8) is 0 Å². The minimum absolute atomic E-state index is 0.0816. The number of methoxy groups -OCH3 is 1. The smallest absolute Gasteiger partial charge is 0.335 e. The Hall–Kier alpha value is -2.04. The molecule has 0 amide bonds. The van der Waals surface area contributed by atoms with Crippen LogP contribution in [0.2, 0.25) is 0 Å². The topological polar surface area (TPSA) is 83.9 Å². The van der Waals surface area contributed by atoms with Crippen LogP contribution in [0.15, 0.2) is 23.1 Å². The summed E-state index contributed by atoms with van der Waals surface area (Å²) in [6.07, 6.45) is 5.79. The van der Waals surface area contributed by atoms with Gasteiger partial charge in [-0.1, -0.05) is 12.8 Å². The first-order valence-corrected chi connectivity index (χ1v) is 7.67. The molecule has 0 aliphatic rings. The van der Waals surface area contributed by atoms with Crippen LogP contribution in [0.1, 0.15) is 23.7 Å². The molecule has 0 atom stereocenters. The molecule has 0 radical (unpaired) electrons. The van der Waals surface area contributed by atoms with E-state index in [1.807, 2.05) is 6.92 Å².